The average Bonchev–Trinajstić information content (AvgIpc) is 3.01. The molecule has 46 heavy (non-hydrogen) atoms. The first kappa shape index (κ1) is 31.8. The fourth-order valence-corrected chi connectivity index (χ4v) is 4.20. The lowest BCUT2D eigenvalue weighted by atomic mass is 9.95. The molecule has 2 amide bonds. The Balaban J connectivity index is 1.72. The average molecular weight is 629 g/mol. The molecule has 0 radical (unpaired) electrons. The summed E-state index contributed by atoms with van der Waals surface area (Å²) in [6, 6.07) is 12.4. The number of carbonyl (C=O) groups is 5. The van der Waals surface area contributed by atoms with E-state index in [0.717, 1.165) is 72.8 Å². The molecule has 4 aromatic carbocycles. The summed E-state index contributed by atoms with van der Waals surface area (Å²) in [5.41, 5.74) is 7.62. The van der Waals surface area contributed by atoms with Gasteiger partial charge in [-0.05, 0) is 36.4 Å². The van der Waals surface area contributed by atoms with Gasteiger partial charge in [0.1, 0.15) is 0 Å². The number of aromatic carboxylic acids is 2. The lowest BCUT2D eigenvalue weighted by Gasteiger charge is -2.13. The highest BCUT2D eigenvalue weighted by molar-refractivity contribution is 6.17. The van der Waals surface area contributed by atoms with Gasteiger partial charge in [0, 0.05) is 35.4 Å². The zero-order chi connectivity index (χ0) is 33.9. The quantitative estimate of drug-likeness (QED) is 0.0631. The van der Waals surface area contributed by atoms with Crippen LogP contribution in [-0.2, 0) is 0 Å². The van der Waals surface area contributed by atoms with E-state index in [1.54, 1.807) is 0 Å². The lowest BCUT2D eigenvalue weighted by molar-refractivity contribution is -0.385. The third-order valence-electron chi connectivity index (χ3n) is 6.51. The highest BCUT2D eigenvalue weighted by atomic mass is 16.6. The molecule has 0 fully saturated rings. The van der Waals surface area contributed by atoms with Crippen LogP contribution in [0.5, 0.6) is 0 Å². The molecule has 0 aliphatic carbocycles. The molecule has 0 aliphatic heterocycles. The predicted molar refractivity (Wildman–Crippen MR) is 161 cm³/mol. The number of carboxylic acid groups (broad SMARTS) is 2. The van der Waals surface area contributed by atoms with E-state index in [9.17, 15) is 54.4 Å². The number of anilines is 4. The Hall–Kier alpha value is -7.17. The number of nitrogens with two attached hydrogens (primary N) is 2. The maximum absolute atomic E-state index is 13.5. The molecule has 0 heterocycles. The smallest absolute Gasteiger partial charge is 0.336 e. The minimum atomic E-state index is -1.54. The number of carboxylic acids is 2. The summed E-state index contributed by atoms with van der Waals surface area (Å²) in [5.74, 6) is -6.09. The van der Waals surface area contributed by atoms with E-state index in [1.807, 2.05) is 0 Å². The summed E-state index contributed by atoms with van der Waals surface area (Å²) in [7, 11) is 0. The van der Waals surface area contributed by atoms with Crippen LogP contribution in [0, 0.1) is 20.2 Å². The highest BCUT2D eigenvalue weighted by Gasteiger charge is 2.24. The van der Waals surface area contributed by atoms with Crippen LogP contribution in [-0.4, -0.2) is 49.6 Å². The molecule has 0 aliphatic rings. The number of benzene rings is 4. The number of ketones is 1. The van der Waals surface area contributed by atoms with Crippen LogP contribution in [0.3, 0.4) is 0 Å². The fourth-order valence-electron chi connectivity index (χ4n) is 4.20. The van der Waals surface area contributed by atoms with Crippen molar-refractivity contribution in [3.8, 4) is 0 Å². The van der Waals surface area contributed by atoms with Crippen LogP contribution in [0.25, 0.3) is 0 Å². The number of nitro benzene ring substituents is 2. The van der Waals surface area contributed by atoms with Gasteiger partial charge < -0.3 is 32.3 Å². The van der Waals surface area contributed by atoms with Crippen molar-refractivity contribution in [2.75, 3.05) is 22.1 Å². The summed E-state index contributed by atoms with van der Waals surface area (Å²) in [6.45, 7) is 0. The normalized spacial score (nSPS) is 10.4. The van der Waals surface area contributed by atoms with Crippen molar-refractivity contribution >= 4 is 63.7 Å². The van der Waals surface area contributed by atoms with E-state index < -0.39 is 73.0 Å². The second-order valence-corrected chi connectivity index (χ2v) is 9.43. The van der Waals surface area contributed by atoms with Gasteiger partial charge in [-0.2, -0.15) is 0 Å². The van der Waals surface area contributed by atoms with Gasteiger partial charge in [-0.3, -0.25) is 34.6 Å². The number of nitro groups is 2. The third kappa shape index (κ3) is 6.57. The van der Waals surface area contributed by atoms with Gasteiger partial charge in [0.25, 0.3) is 23.2 Å². The Morgan fingerprint density at radius 2 is 0.935 bits per heavy atom. The van der Waals surface area contributed by atoms with Crippen molar-refractivity contribution in [1.82, 2.24) is 0 Å². The molecule has 0 saturated carbocycles. The SMILES string of the molecule is Nc1ccc([N+](=O)[O-])cc1NC(=O)c1cc(C(=O)c2ccc(C(=O)O)c(C(=O)Nc3cc([N+](=O)[O-])ccc3N)c2)ccc1C(=O)O. The second-order valence-electron chi connectivity index (χ2n) is 9.43. The van der Waals surface area contributed by atoms with E-state index in [2.05, 4.69) is 10.6 Å². The molecule has 0 saturated heterocycles. The van der Waals surface area contributed by atoms with Gasteiger partial charge in [-0.1, -0.05) is 12.1 Å². The van der Waals surface area contributed by atoms with E-state index in [-0.39, 0.29) is 33.9 Å². The topological polar surface area (TPSA) is 288 Å². The van der Waals surface area contributed by atoms with Crippen molar-refractivity contribution in [3.05, 3.63) is 126 Å². The fraction of sp³-hybridized carbons (Fsp3) is 0. The molecule has 0 aromatic heterocycles. The van der Waals surface area contributed by atoms with Crippen LogP contribution in [0.4, 0.5) is 34.1 Å². The zero-order valence-electron chi connectivity index (χ0n) is 23.0. The molecule has 4 aromatic rings. The Kier molecular flexibility index (Phi) is 8.70. The van der Waals surface area contributed by atoms with Crippen LogP contribution < -0.4 is 22.1 Å². The molecule has 0 atom stereocenters. The number of nitrogen functional groups attached to an aromatic ring is 2. The van der Waals surface area contributed by atoms with Gasteiger partial charge >= 0.3 is 11.9 Å². The summed E-state index contributed by atoms with van der Waals surface area (Å²) in [5, 5.41) is 46.1. The molecule has 17 nitrogen and oxygen atoms in total. The molecular formula is C29H20N6O11. The van der Waals surface area contributed by atoms with E-state index >= 15 is 0 Å². The van der Waals surface area contributed by atoms with Gasteiger partial charge in [0.05, 0.1) is 54.8 Å². The van der Waals surface area contributed by atoms with Crippen molar-refractivity contribution in [3.63, 3.8) is 0 Å². The van der Waals surface area contributed by atoms with Gasteiger partial charge in [0.2, 0.25) is 0 Å². The number of rotatable bonds is 10. The standard InChI is InChI=1S/C29H20N6O11/c30-21-7-3-15(34(43)44)11-23(21)32-26(37)19-9-13(1-5-17(19)28(39)40)25(36)14-2-6-18(29(41)42)20(10-14)27(38)33-24-12-16(35(45)46)4-8-22(24)31/h1-12H,30-31H2,(H,32,37)(H,33,38)(H,39,40)(H,41,42). The minimum absolute atomic E-state index is 0.0701. The number of carbonyl (C=O) groups excluding carboxylic acids is 3. The molecular weight excluding hydrogens is 608 g/mol. The third-order valence-corrected chi connectivity index (χ3v) is 6.51. The number of nitrogens with zero attached hydrogens (tertiary/aromatic N) is 2. The van der Waals surface area contributed by atoms with Crippen molar-refractivity contribution in [2.45, 2.75) is 0 Å². The number of amides is 2. The molecule has 0 spiro atoms. The predicted octanol–water partition coefficient (Wildman–Crippen LogP) is 3.80. The first-order valence-electron chi connectivity index (χ1n) is 12.7. The van der Waals surface area contributed by atoms with Crippen LogP contribution >= 0.6 is 0 Å². The monoisotopic (exact) mass is 628 g/mol. The largest absolute Gasteiger partial charge is 0.478 e. The molecule has 232 valence electrons. The van der Waals surface area contributed by atoms with Gasteiger partial charge in [-0.15, -0.1) is 0 Å². The molecule has 4 rings (SSSR count). The Morgan fingerprint density at radius 3 is 1.26 bits per heavy atom. The maximum Gasteiger partial charge on any atom is 0.336 e. The first-order valence-corrected chi connectivity index (χ1v) is 12.7. The highest BCUT2D eigenvalue weighted by Crippen LogP contribution is 2.28. The van der Waals surface area contributed by atoms with E-state index in [4.69, 9.17) is 11.5 Å². The second kappa shape index (κ2) is 12.6. The van der Waals surface area contributed by atoms with Crippen LogP contribution in [0.2, 0.25) is 0 Å². The van der Waals surface area contributed by atoms with Gasteiger partial charge in [0.15, 0.2) is 5.78 Å². The number of nitrogens with one attached hydrogen (secondary N) is 2. The van der Waals surface area contributed by atoms with E-state index in [1.165, 1.54) is 0 Å². The summed E-state index contributed by atoms with van der Waals surface area (Å²) >= 11 is 0. The number of hydrogen-bond acceptors (Lipinski definition) is 11. The number of non-ortho nitro benzene ring substituents is 2. The van der Waals surface area contributed by atoms with Crippen molar-refractivity contribution in [1.29, 1.82) is 0 Å². The first-order chi connectivity index (χ1) is 21.7. The van der Waals surface area contributed by atoms with Gasteiger partial charge in [-0.25, -0.2) is 9.59 Å². The lowest BCUT2D eigenvalue weighted by Crippen LogP contribution is -2.19. The minimum Gasteiger partial charge on any atom is -0.478 e. The van der Waals surface area contributed by atoms with E-state index in [0.29, 0.717) is 0 Å². The van der Waals surface area contributed by atoms with Crippen LogP contribution in [0.15, 0.2) is 72.8 Å². The summed E-state index contributed by atoms with van der Waals surface area (Å²) in [4.78, 5) is 84.3. The van der Waals surface area contributed by atoms with Crippen molar-refractivity contribution < 1.29 is 44.0 Å². The molecule has 0 bridgehead atoms. The Bertz CT molecular complexity index is 1870. The molecule has 8 N–H and O–H groups in total. The zero-order valence-corrected chi connectivity index (χ0v) is 23.0. The molecule has 17 heteroatoms. The molecule has 0 unspecified atom stereocenters. The Labute approximate surface area is 256 Å². The Morgan fingerprint density at radius 1 is 0.565 bits per heavy atom. The van der Waals surface area contributed by atoms with Crippen molar-refractivity contribution in [2.24, 2.45) is 0 Å². The number of hydrogen-bond donors (Lipinski definition) is 6. The maximum atomic E-state index is 13.5. The van der Waals surface area contributed by atoms with Crippen LogP contribution in [0.1, 0.15) is 57.4 Å². The summed E-state index contributed by atoms with van der Waals surface area (Å²) < 4.78 is 0. The summed E-state index contributed by atoms with van der Waals surface area (Å²) in [6.07, 6.45) is 0.